The molecule has 3 amide bonds. The van der Waals surface area contributed by atoms with E-state index in [1.54, 1.807) is 10.9 Å². The lowest BCUT2D eigenvalue weighted by molar-refractivity contribution is -0.142. The average Bonchev–Trinajstić information content (AvgIpc) is 3.34. The molecule has 0 bridgehead atoms. The average molecular weight is 424 g/mol. The highest BCUT2D eigenvalue weighted by Gasteiger charge is 2.32. The minimum Gasteiger partial charge on any atom is -0.369 e. The van der Waals surface area contributed by atoms with E-state index in [9.17, 15) is 14.4 Å². The lowest BCUT2D eigenvalue weighted by Gasteiger charge is -2.36. The summed E-state index contributed by atoms with van der Waals surface area (Å²) in [5.74, 6) is -0.168. The molecule has 8 heteroatoms. The van der Waals surface area contributed by atoms with Gasteiger partial charge in [0.05, 0.1) is 12.1 Å². The fraction of sp³-hybridized carbons (Fsp3) is 0.478. The van der Waals surface area contributed by atoms with E-state index in [1.807, 2.05) is 46.3 Å². The van der Waals surface area contributed by atoms with Crippen LogP contribution in [0.5, 0.6) is 0 Å². The number of piperidine rings is 2. The minimum atomic E-state index is -0.269. The topological polar surface area (TPSA) is 102 Å². The van der Waals surface area contributed by atoms with Crippen molar-refractivity contribution in [3.8, 4) is 5.69 Å². The predicted octanol–water partition coefficient (Wildman–Crippen LogP) is 1.38. The molecule has 2 aromatic rings. The molecule has 1 aromatic heterocycles. The summed E-state index contributed by atoms with van der Waals surface area (Å²) < 4.78 is 1.78. The third-order valence-corrected chi connectivity index (χ3v) is 6.47. The van der Waals surface area contributed by atoms with Crippen LogP contribution < -0.4 is 5.73 Å². The lowest BCUT2D eigenvalue weighted by Crippen LogP contribution is -2.47. The zero-order valence-corrected chi connectivity index (χ0v) is 17.7. The maximum absolute atomic E-state index is 12.8. The molecular weight excluding hydrogens is 394 g/mol. The third kappa shape index (κ3) is 4.95. The largest absolute Gasteiger partial charge is 0.369 e. The van der Waals surface area contributed by atoms with Crippen LogP contribution in [0.4, 0.5) is 0 Å². The van der Waals surface area contributed by atoms with Crippen LogP contribution >= 0.6 is 0 Å². The first-order valence-corrected chi connectivity index (χ1v) is 11.0. The van der Waals surface area contributed by atoms with Crippen molar-refractivity contribution in [1.82, 2.24) is 19.6 Å². The van der Waals surface area contributed by atoms with Gasteiger partial charge in [-0.15, -0.1) is 0 Å². The lowest BCUT2D eigenvalue weighted by atomic mass is 9.91. The zero-order chi connectivity index (χ0) is 21.8. The number of primary amides is 1. The minimum absolute atomic E-state index is 0.0393. The van der Waals surface area contributed by atoms with Crippen molar-refractivity contribution in [2.24, 2.45) is 17.6 Å². The first kappa shape index (κ1) is 21.1. The van der Waals surface area contributed by atoms with Gasteiger partial charge in [0, 0.05) is 50.4 Å². The Labute approximate surface area is 182 Å². The molecule has 2 aliphatic rings. The maximum atomic E-state index is 12.8. The van der Waals surface area contributed by atoms with Gasteiger partial charge in [-0.25, -0.2) is 4.68 Å². The van der Waals surface area contributed by atoms with E-state index in [4.69, 9.17) is 5.73 Å². The number of likely N-dealkylation sites (tertiary alicyclic amines) is 2. The highest BCUT2D eigenvalue weighted by Crippen LogP contribution is 2.24. The van der Waals surface area contributed by atoms with Crippen molar-refractivity contribution in [2.75, 3.05) is 26.2 Å². The van der Waals surface area contributed by atoms with Crippen molar-refractivity contribution in [3.05, 3.63) is 48.3 Å². The molecule has 0 saturated carbocycles. The molecule has 31 heavy (non-hydrogen) atoms. The second-order valence-corrected chi connectivity index (χ2v) is 8.45. The molecule has 0 spiro atoms. The number of amides is 3. The van der Waals surface area contributed by atoms with Gasteiger partial charge in [0.2, 0.25) is 17.7 Å². The summed E-state index contributed by atoms with van der Waals surface area (Å²) in [6.07, 6.45) is 6.66. The molecule has 3 heterocycles. The summed E-state index contributed by atoms with van der Waals surface area (Å²) in [5.41, 5.74) is 7.30. The molecule has 2 fully saturated rings. The number of carbonyl (C=O) groups is 3. The van der Waals surface area contributed by atoms with E-state index in [0.29, 0.717) is 58.3 Å². The second kappa shape index (κ2) is 9.32. The number of rotatable bonds is 5. The van der Waals surface area contributed by atoms with Gasteiger partial charge in [0.15, 0.2) is 0 Å². The Kier molecular flexibility index (Phi) is 6.34. The highest BCUT2D eigenvalue weighted by atomic mass is 16.2. The monoisotopic (exact) mass is 423 g/mol. The van der Waals surface area contributed by atoms with Gasteiger partial charge in [0.1, 0.15) is 0 Å². The quantitative estimate of drug-likeness (QED) is 0.785. The molecule has 8 nitrogen and oxygen atoms in total. The molecule has 4 rings (SSSR count). The molecule has 0 atom stereocenters. The SMILES string of the molecule is NC(=O)C1CCN(C(=O)C2CCN(C(=O)Cc3ccc(-n4cccn4)cc3)CC2)CC1. The van der Waals surface area contributed by atoms with Gasteiger partial charge in [0.25, 0.3) is 0 Å². The van der Waals surface area contributed by atoms with Gasteiger partial charge < -0.3 is 15.5 Å². The van der Waals surface area contributed by atoms with Gasteiger partial charge in [-0.3, -0.25) is 14.4 Å². The zero-order valence-electron chi connectivity index (χ0n) is 17.7. The Morgan fingerprint density at radius 2 is 1.52 bits per heavy atom. The van der Waals surface area contributed by atoms with Crippen molar-refractivity contribution < 1.29 is 14.4 Å². The van der Waals surface area contributed by atoms with E-state index in [0.717, 1.165) is 11.3 Å². The Balaban J connectivity index is 1.24. The van der Waals surface area contributed by atoms with Crippen molar-refractivity contribution >= 4 is 17.7 Å². The van der Waals surface area contributed by atoms with Crippen LogP contribution in [0.25, 0.3) is 5.69 Å². The van der Waals surface area contributed by atoms with Gasteiger partial charge in [-0.05, 0) is 49.4 Å². The summed E-state index contributed by atoms with van der Waals surface area (Å²) in [5, 5.41) is 4.21. The molecule has 1 aromatic carbocycles. The Bertz CT molecular complexity index is 909. The fourth-order valence-electron chi connectivity index (χ4n) is 4.49. The van der Waals surface area contributed by atoms with E-state index >= 15 is 0 Å². The number of hydrogen-bond donors (Lipinski definition) is 1. The third-order valence-electron chi connectivity index (χ3n) is 6.47. The first-order chi connectivity index (χ1) is 15.0. The predicted molar refractivity (Wildman–Crippen MR) is 115 cm³/mol. The second-order valence-electron chi connectivity index (χ2n) is 8.45. The van der Waals surface area contributed by atoms with Crippen molar-refractivity contribution in [3.63, 3.8) is 0 Å². The van der Waals surface area contributed by atoms with Gasteiger partial charge in [-0.1, -0.05) is 12.1 Å². The van der Waals surface area contributed by atoms with E-state index in [2.05, 4.69) is 5.10 Å². The number of carbonyl (C=O) groups excluding carboxylic acids is 3. The molecule has 2 saturated heterocycles. The fourth-order valence-corrected chi connectivity index (χ4v) is 4.49. The summed E-state index contributed by atoms with van der Waals surface area (Å²) in [6.45, 7) is 2.41. The molecule has 0 radical (unpaired) electrons. The van der Waals surface area contributed by atoms with Crippen LogP contribution in [0.2, 0.25) is 0 Å². The molecule has 0 aliphatic carbocycles. The number of nitrogens with zero attached hydrogens (tertiary/aromatic N) is 4. The highest BCUT2D eigenvalue weighted by molar-refractivity contribution is 5.82. The Morgan fingerprint density at radius 3 is 2.10 bits per heavy atom. The Hall–Kier alpha value is -3.16. The summed E-state index contributed by atoms with van der Waals surface area (Å²) in [6, 6.07) is 9.71. The molecular formula is C23H29N5O3. The van der Waals surface area contributed by atoms with E-state index < -0.39 is 0 Å². The smallest absolute Gasteiger partial charge is 0.226 e. The molecule has 164 valence electrons. The number of benzene rings is 1. The summed E-state index contributed by atoms with van der Waals surface area (Å²) >= 11 is 0. The van der Waals surface area contributed by atoms with Crippen LogP contribution in [-0.4, -0.2) is 63.5 Å². The van der Waals surface area contributed by atoms with E-state index in [1.165, 1.54) is 0 Å². The van der Waals surface area contributed by atoms with Gasteiger partial charge >= 0.3 is 0 Å². The molecule has 2 N–H and O–H groups in total. The first-order valence-electron chi connectivity index (χ1n) is 11.0. The number of aromatic nitrogens is 2. The van der Waals surface area contributed by atoms with Crippen LogP contribution in [0.3, 0.4) is 0 Å². The number of hydrogen-bond acceptors (Lipinski definition) is 4. The molecule has 0 unspecified atom stereocenters. The molecule has 2 aliphatic heterocycles. The van der Waals surface area contributed by atoms with Crippen molar-refractivity contribution in [1.29, 1.82) is 0 Å². The van der Waals surface area contributed by atoms with Crippen LogP contribution in [-0.2, 0) is 20.8 Å². The summed E-state index contributed by atoms with van der Waals surface area (Å²) in [4.78, 5) is 40.6. The maximum Gasteiger partial charge on any atom is 0.226 e. The van der Waals surface area contributed by atoms with E-state index in [-0.39, 0.29) is 29.6 Å². The van der Waals surface area contributed by atoms with Gasteiger partial charge in [-0.2, -0.15) is 5.10 Å². The van der Waals surface area contributed by atoms with Crippen LogP contribution in [0.1, 0.15) is 31.2 Å². The number of nitrogens with two attached hydrogens (primary N) is 1. The standard InChI is InChI=1S/C23H29N5O3/c24-22(30)18-6-14-27(15-7-18)23(31)19-8-12-26(13-9-19)21(29)16-17-2-4-20(5-3-17)28-11-1-10-25-28/h1-5,10-11,18-19H,6-9,12-16H2,(H2,24,30). The summed E-state index contributed by atoms with van der Waals surface area (Å²) in [7, 11) is 0. The normalized spacial score (nSPS) is 18.2. The van der Waals surface area contributed by atoms with Crippen LogP contribution in [0, 0.1) is 11.8 Å². The van der Waals surface area contributed by atoms with Crippen molar-refractivity contribution in [2.45, 2.75) is 32.1 Å². The van der Waals surface area contributed by atoms with Crippen LogP contribution in [0.15, 0.2) is 42.7 Å². The Morgan fingerprint density at radius 1 is 0.903 bits per heavy atom.